The number of benzene rings is 2. The molecule has 0 aliphatic heterocycles. The number of phosphoric ester groups is 1. The maximum absolute atomic E-state index is 12.7. The standard InChI is InChI=1S/C18H19O8P/c1-23-13-7-4-12(5-8-13)6-9-15(19)18-16(25-3)10-14(24-2)11-17(18)26-27(20,21)22/h4-11H,1-3H3,(H2,20,21,22)/b9-6+. The number of carbonyl (C=O) groups is 1. The summed E-state index contributed by atoms with van der Waals surface area (Å²) in [7, 11) is -0.672. The Morgan fingerprint density at radius 1 is 0.926 bits per heavy atom. The molecule has 2 aromatic carbocycles. The molecule has 2 aromatic rings. The van der Waals surface area contributed by atoms with Crippen molar-refractivity contribution >= 4 is 19.7 Å². The van der Waals surface area contributed by atoms with E-state index >= 15 is 0 Å². The van der Waals surface area contributed by atoms with Crippen LogP contribution < -0.4 is 18.7 Å². The molecular formula is C18H19O8P. The highest BCUT2D eigenvalue weighted by molar-refractivity contribution is 7.46. The third-order valence-electron chi connectivity index (χ3n) is 3.50. The highest BCUT2D eigenvalue weighted by Crippen LogP contribution is 2.43. The van der Waals surface area contributed by atoms with Crippen LogP contribution in [0.15, 0.2) is 42.5 Å². The van der Waals surface area contributed by atoms with Crippen molar-refractivity contribution in [2.75, 3.05) is 21.3 Å². The summed E-state index contributed by atoms with van der Waals surface area (Å²) in [6, 6.07) is 9.60. The summed E-state index contributed by atoms with van der Waals surface area (Å²) in [6.45, 7) is 0. The molecule has 2 N–H and O–H groups in total. The minimum atomic E-state index is -4.90. The van der Waals surface area contributed by atoms with E-state index in [1.807, 2.05) is 0 Å². The van der Waals surface area contributed by atoms with Crippen LogP contribution in [0.4, 0.5) is 0 Å². The van der Waals surface area contributed by atoms with Crippen molar-refractivity contribution in [3.63, 3.8) is 0 Å². The van der Waals surface area contributed by atoms with Gasteiger partial charge in [0.15, 0.2) is 5.78 Å². The van der Waals surface area contributed by atoms with Gasteiger partial charge in [0.25, 0.3) is 0 Å². The van der Waals surface area contributed by atoms with Gasteiger partial charge in [-0.15, -0.1) is 0 Å². The molecule has 27 heavy (non-hydrogen) atoms. The van der Waals surface area contributed by atoms with Gasteiger partial charge in [0.1, 0.15) is 28.6 Å². The summed E-state index contributed by atoms with van der Waals surface area (Å²) in [4.78, 5) is 30.9. The predicted octanol–water partition coefficient (Wildman–Crippen LogP) is 3.08. The summed E-state index contributed by atoms with van der Waals surface area (Å²) in [5, 5.41) is 0. The first-order valence-electron chi connectivity index (χ1n) is 7.65. The first-order valence-corrected chi connectivity index (χ1v) is 9.18. The number of ether oxygens (including phenoxy) is 3. The summed E-state index contributed by atoms with van der Waals surface area (Å²) in [5.41, 5.74) is 0.598. The van der Waals surface area contributed by atoms with Crippen LogP contribution in [-0.2, 0) is 4.57 Å². The molecular weight excluding hydrogens is 375 g/mol. The topological polar surface area (TPSA) is 112 Å². The van der Waals surface area contributed by atoms with Crippen LogP contribution in [0.25, 0.3) is 6.08 Å². The van der Waals surface area contributed by atoms with Crippen LogP contribution in [0.1, 0.15) is 15.9 Å². The second-order valence-electron chi connectivity index (χ2n) is 5.26. The van der Waals surface area contributed by atoms with Crippen molar-refractivity contribution in [2.24, 2.45) is 0 Å². The smallest absolute Gasteiger partial charge is 0.497 e. The van der Waals surface area contributed by atoms with Crippen molar-refractivity contribution in [2.45, 2.75) is 0 Å². The van der Waals surface area contributed by atoms with E-state index in [0.717, 1.165) is 5.56 Å². The van der Waals surface area contributed by atoms with Crippen molar-refractivity contribution in [1.82, 2.24) is 0 Å². The van der Waals surface area contributed by atoms with Gasteiger partial charge in [-0.05, 0) is 23.8 Å². The second kappa shape index (κ2) is 8.73. The van der Waals surface area contributed by atoms with Crippen molar-refractivity contribution in [3.8, 4) is 23.0 Å². The summed E-state index contributed by atoms with van der Waals surface area (Å²) < 4.78 is 31.2. The Labute approximate surface area is 156 Å². The Kier molecular flexibility index (Phi) is 6.63. The maximum Gasteiger partial charge on any atom is 0.524 e. The molecule has 0 spiro atoms. The van der Waals surface area contributed by atoms with Crippen LogP contribution in [0.5, 0.6) is 23.0 Å². The van der Waals surface area contributed by atoms with Gasteiger partial charge in [0.05, 0.1) is 21.3 Å². The zero-order valence-electron chi connectivity index (χ0n) is 14.9. The molecule has 0 aliphatic rings. The largest absolute Gasteiger partial charge is 0.524 e. The number of phosphoric acid groups is 1. The monoisotopic (exact) mass is 394 g/mol. The van der Waals surface area contributed by atoms with E-state index < -0.39 is 13.6 Å². The Hall–Kier alpha value is -2.80. The summed E-state index contributed by atoms with van der Waals surface area (Å²) in [5.74, 6) is 0.0403. The predicted molar refractivity (Wildman–Crippen MR) is 98.6 cm³/mol. The second-order valence-corrected chi connectivity index (χ2v) is 6.42. The Morgan fingerprint density at radius 3 is 2.04 bits per heavy atom. The molecule has 8 nitrogen and oxygen atoms in total. The van der Waals surface area contributed by atoms with Crippen molar-refractivity contribution in [1.29, 1.82) is 0 Å². The molecule has 2 rings (SSSR count). The Balaban J connectivity index is 2.42. The molecule has 0 aromatic heterocycles. The molecule has 9 heteroatoms. The minimum Gasteiger partial charge on any atom is -0.497 e. The van der Waals surface area contributed by atoms with Crippen LogP contribution >= 0.6 is 7.82 Å². The molecule has 0 saturated heterocycles. The quantitative estimate of drug-likeness (QED) is 0.399. The number of rotatable bonds is 8. The SMILES string of the molecule is COc1ccc(/C=C/C(=O)c2c(OC)cc(OC)cc2OP(=O)(O)O)cc1. The van der Waals surface area contributed by atoms with E-state index in [-0.39, 0.29) is 22.8 Å². The van der Waals surface area contributed by atoms with E-state index in [1.54, 1.807) is 37.5 Å². The van der Waals surface area contributed by atoms with Gasteiger partial charge in [0, 0.05) is 12.1 Å². The molecule has 0 saturated carbocycles. The van der Waals surface area contributed by atoms with Gasteiger partial charge in [-0.25, -0.2) is 4.57 Å². The van der Waals surface area contributed by atoms with Gasteiger partial charge < -0.3 is 18.7 Å². The van der Waals surface area contributed by atoms with Crippen LogP contribution in [0, 0.1) is 0 Å². The maximum atomic E-state index is 12.7. The molecule has 0 unspecified atom stereocenters. The van der Waals surface area contributed by atoms with Gasteiger partial charge in [-0.1, -0.05) is 18.2 Å². The number of hydrogen-bond acceptors (Lipinski definition) is 6. The Bertz CT molecular complexity index is 883. The van der Waals surface area contributed by atoms with Gasteiger partial charge in [-0.2, -0.15) is 0 Å². The lowest BCUT2D eigenvalue weighted by Crippen LogP contribution is -2.04. The van der Waals surface area contributed by atoms with E-state index in [9.17, 15) is 9.36 Å². The molecule has 0 radical (unpaired) electrons. The highest BCUT2D eigenvalue weighted by atomic mass is 31.2. The molecule has 144 valence electrons. The fourth-order valence-electron chi connectivity index (χ4n) is 2.26. The normalized spacial score (nSPS) is 11.3. The third kappa shape index (κ3) is 5.59. The van der Waals surface area contributed by atoms with E-state index in [4.69, 9.17) is 24.0 Å². The lowest BCUT2D eigenvalue weighted by Gasteiger charge is -2.15. The molecule has 0 fully saturated rings. The lowest BCUT2D eigenvalue weighted by molar-refractivity contribution is 0.104. The average Bonchev–Trinajstić information content (AvgIpc) is 2.64. The zero-order chi connectivity index (χ0) is 20.0. The van der Waals surface area contributed by atoms with Crippen molar-refractivity contribution < 1.29 is 37.9 Å². The van der Waals surface area contributed by atoms with Crippen molar-refractivity contribution in [3.05, 3.63) is 53.6 Å². The summed E-state index contributed by atoms with van der Waals surface area (Å²) >= 11 is 0. The van der Waals surface area contributed by atoms with Crippen LogP contribution in [0.3, 0.4) is 0 Å². The fourth-order valence-corrected chi connectivity index (χ4v) is 2.66. The van der Waals surface area contributed by atoms with Crippen LogP contribution in [0.2, 0.25) is 0 Å². The zero-order valence-corrected chi connectivity index (χ0v) is 15.8. The fraction of sp³-hybridized carbons (Fsp3) is 0.167. The van der Waals surface area contributed by atoms with E-state index in [0.29, 0.717) is 5.75 Å². The number of carbonyl (C=O) groups excluding carboxylic acids is 1. The third-order valence-corrected chi connectivity index (χ3v) is 3.94. The van der Waals surface area contributed by atoms with E-state index in [1.165, 1.54) is 32.4 Å². The molecule has 0 amide bonds. The highest BCUT2D eigenvalue weighted by Gasteiger charge is 2.25. The average molecular weight is 394 g/mol. The van der Waals surface area contributed by atoms with Gasteiger partial charge >= 0.3 is 7.82 Å². The Morgan fingerprint density at radius 2 is 1.52 bits per heavy atom. The molecule has 0 heterocycles. The molecule has 0 atom stereocenters. The van der Waals surface area contributed by atoms with Gasteiger partial charge in [-0.3, -0.25) is 14.6 Å². The lowest BCUT2D eigenvalue weighted by atomic mass is 10.1. The summed E-state index contributed by atoms with van der Waals surface area (Å²) in [6.07, 6.45) is 2.80. The number of methoxy groups -OCH3 is 3. The number of allylic oxidation sites excluding steroid dienone is 1. The van der Waals surface area contributed by atoms with Crippen LogP contribution in [-0.4, -0.2) is 36.9 Å². The molecule has 0 bridgehead atoms. The molecule has 0 aliphatic carbocycles. The van der Waals surface area contributed by atoms with E-state index in [2.05, 4.69) is 4.52 Å². The minimum absolute atomic E-state index is 0.0576. The first kappa shape index (κ1) is 20.5. The van der Waals surface area contributed by atoms with Gasteiger partial charge in [0.2, 0.25) is 0 Å². The number of hydrogen-bond donors (Lipinski definition) is 2. The number of ketones is 1. The first-order chi connectivity index (χ1) is 12.8.